The van der Waals surface area contributed by atoms with Crippen molar-refractivity contribution in [2.24, 2.45) is 0 Å². The first-order chi connectivity index (χ1) is 10.5. The van der Waals surface area contributed by atoms with Gasteiger partial charge in [0.1, 0.15) is 11.1 Å². The molecule has 2 rings (SSSR count). The Labute approximate surface area is 140 Å². The number of hydrogen-bond donors (Lipinski definition) is 1. The van der Waals surface area contributed by atoms with Gasteiger partial charge in [0.15, 0.2) is 0 Å². The summed E-state index contributed by atoms with van der Waals surface area (Å²) in [5, 5.41) is 3.87. The molecule has 22 heavy (non-hydrogen) atoms. The van der Waals surface area contributed by atoms with Crippen LogP contribution < -0.4 is 5.32 Å². The molecule has 1 aliphatic rings. The Balaban J connectivity index is 2.22. The lowest BCUT2D eigenvalue weighted by Gasteiger charge is -2.25. The molecule has 0 saturated carbocycles. The first-order valence-corrected chi connectivity index (χ1v) is 9.58. The second kappa shape index (κ2) is 7.53. The molecule has 0 fully saturated rings. The molecule has 4 nitrogen and oxygen atoms in total. The molecule has 1 aromatic rings. The number of nitrogens with zero attached hydrogens (tertiary/aromatic N) is 1. The van der Waals surface area contributed by atoms with Crippen LogP contribution >= 0.6 is 23.5 Å². The standard InChI is InChI=1S/C16H22N2O2S2/c1-9-6-12(20-8-10(9)2)15(19)18-14-13(21-4)7-11(3)17-16(14)22-5/h7,12H,6,8H2,1-5H3,(H,18,19). The first-order valence-electron chi connectivity index (χ1n) is 7.13. The normalized spacial score (nSPS) is 18.5. The van der Waals surface area contributed by atoms with Crippen molar-refractivity contribution < 1.29 is 9.53 Å². The molecule has 0 bridgehead atoms. The lowest BCUT2D eigenvalue weighted by atomic mass is 10.0. The molecule has 1 N–H and O–H groups in total. The molecule has 0 spiro atoms. The van der Waals surface area contributed by atoms with E-state index in [2.05, 4.69) is 17.2 Å². The van der Waals surface area contributed by atoms with Gasteiger partial charge in [0, 0.05) is 17.0 Å². The van der Waals surface area contributed by atoms with Gasteiger partial charge in [0.2, 0.25) is 0 Å². The Morgan fingerprint density at radius 1 is 1.27 bits per heavy atom. The van der Waals surface area contributed by atoms with Crippen molar-refractivity contribution >= 4 is 35.1 Å². The second-order valence-electron chi connectivity index (χ2n) is 5.40. The molecule has 0 aliphatic carbocycles. The Morgan fingerprint density at radius 3 is 2.59 bits per heavy atom. The van der Waals surface area contributed by atoms with E-state index in [4.69, 9.17) is 4.74 Å². The highest BCUT2D eigenvalue weighted by molar-refractivity contribution is 7.99. The Kier molecular flexibility index (Phi) is 5.94. The summed E-state index contributed by atoms with van der Waals surface area (Å²) in [6, 6.07) is 2.00. The zero-order valence-corrected chi connectivity index (χ0v) is 15.3. The van der Waals surface area contributed by atoms with Crippen LogP contribution in [0, 0.1) is 6.92 Å². The second-order valence-corrected chi connectivity index (χ2v) is 7.05. The van der Waals surface area contributed by atoms with Crippen molar-refractivity contribution in [3.05, 3.63) is 22.9 Å². The van der Waals surface area contributed by atoms with Gasteiger partial charge in [-0.25, -0.2) is 4.98 Å². The number of rotatable bonds is 4. The summed E-state index contributed by atoms with van der Waals surface area (Å²) >= 11 is 3.15. The van der Waals surface area contributed by atoms with Gasteiger partial charge < -0.3 is 10.1 Å². The Bertz CT molecular complexity index is 589. The molecule has 1 aliphatic heterocycles. The van der Waals surface area contributed by atoms with Gasteiger partial charge in [0.25, 0.3) is 5.91 Å². The number of hydrogen-bond acceptors (Lipinski definition) is 5. The van der Waals surface area contributed by atoms with Crippen LogP contribution in [0.5, 0.6) is 0 Å². The summed E-state index contributed by atoms with van der Waals surface area (Å²) in [6.45, 7) is 6.60. The summed E-state index contributed by atoms with van der Waals surface area (Å²) in [4.78, 5) is 18.1. The van der Waals surface area contributed by atoms with E-state index in [1.807, 2.05) is 32.4 Å². The van der Waals surface area contributed by atoms with Gasteiger partial charge >= 0.3 is 0 Å². The lowest BCUT2D eigenvalue weighted by molar-refractivity contribution is -0.127. The summed E-state index contributed by atoms with van der Waals surface area (Å²) in [7, 11) is 0. The maximum absolute atomic E-state index is 12.5. The van der Waals surface area contributed by atoms with Crippen LogP contribution in [0.15, 0.2) is 27.1 Å². The number of thioether (sulfide) groups is 2. The van der Waals surface area contributed by atoms with E-state index >= 15 is 0 Å². The van der Waals surface area contributed by atoms with E-state index < -0.39 is 6.10 Å². The highest BCUT2D eigenvalue weighted by Crippen LogP contribution is 2.34. The van der Waals surface area contributed by atoms with Crippen molar-refractivity contribution in [3.8, 4) is 0 Å². The minimum absolute atomic E-state index is 0.0943. The fourth-order valence-corrected chi connectivity index (χ4v) is 3.58. The number of anilines is 1. The van der Waals surface area contributed by atoms with E-state index in [1.165, 1.54) is 22.9 Å². The molecule has 1 aromatic heterocycles. The lowest BCUT2D eigenvalue weighted by Crippen LogP contribution is -2.34. The first kappa shape index (κ1) is 17.4. The van der Waals surface area contributed by atoms with Gasteiger partial charge in [0.05, 0.1) is 12.3 Å². The molecule has 6 heteroatoms. The van der Waals surface area contributed by atoms with Crippen LogP contribution in [0.3, 0.4) is 0 Å². The number of amides is 1. The molecule has 1 unspecified atom stereocenters. The monoisotopic (exact) mass is 338 g/mol. The fourth-order valence-electron chi connectivity index (χ4n) is 2.27. The number of nitrogens with one attached hydrogen (secondary N) is 1. The van der Waals surface area contributed by atoms with Crippen molar-refractivity contribution in [1.29, 1.82) is 0 Å². The van der Waals surface area contributed by atoms with E-state index in [1.54, 1.807) is 11.8 Å². The predicted molar refractivity (Wildman–Crippen MR) is 93.9 cm³/mol. The van der Waals surface area contributed by atoms with Gasteiger partial charge in [-0.05, 0) is 44.9 Å². The molecule has 1 atom stereocenters. The van der Waals surface area contributed by atoms with Crippen LogP contribution in [-0.2, 0) is 9.53 Å². The van der Waals surface area contributed by atoms with E-state index in [0.29, 0.717) is 13.0 Å². The molecular weight excluding hydrogens is 316 g/mol. The molecular formula is C16H22N2O2S2. The van der Waals surface area contributed by atoms with Crippen molar-refractivity contribution in [3.63, 3.8) is 0 Å². The van der Waals surface area contributed by atoms with Crippen molar-refractivity contribution in [2.45, 2.75) is 43.2 Å². The summed E-state index contributed by atoms with van der Waals surface area (Å²) in [5.74, 6) is -0.0943. The molecule has 0 aromatic carbocycles. The molecule has 2 heterocycles. The zero-order valence-electron chi connectivity index (χ0n) is 13.6. The fraction of sp³-hybridized carbons (Fsp3) is 0.500. The quantitative estimate of drug-likeness (QED) is 0.666. The number of pyridine rings is 1. The van der Waals surface area contributed by atoms with Crippen LogP contribution in [-0.4, -0.2) is 36.1 Å². The topological polar surface area (TPSA) is 51.2 Å². The summed E-state index contributed by atoms with van der Waals surface area (Å²) < 4.78 is 5.66. The molecule has 1 amide bonds. The number of carbonyl (C=O) groups excluding carboxylic acids is 1. The van der Waals surface area contributed by atoms with Gasteiger partial charge in [-0.15, -0.1) is 23.5 Å². The largest absolute Gasteiger partial charge is 0.364 e. The van der Waals surface area contributed by atoms with Crippen LogP contribution in [0.4, 0.5) is 5.69 Å². The minimum Gasteiger partial charge on any atom is -0.364 e. The predicted octanol–water partition coefficient (Wildman–Crippen LogP) is 3.90. The Morgan fingerprint density at radius 2 is 2.00 bits per heavy atom. The SMILES string of the molecule is CSc1cc(C)nc(SC)c1NC(=O)C1CC(C)=C(C)CO1. The van der Waals surface area contributed by atoms with E-state index in [9.17, 15) is 4.79 Å². The van der Waals surface area contributed by atoms with Crippen molar-refractivity contribution in [2.75, 3.05) is 24.4 Å². The number of ether oxygens (including phenoxy) is 1. The smallest absolute Gasteiger partial charge is 0.253 e. The maximum atomic E-state index is 12.5. The van der Waals surface area contributed by atoms with E-state index in [-0.39, 0.29) is 5.91 Å². The third-order valence-electron chi connectivity index (χ3n) is 3.75. The zero-order chi connectivity index (χ0) is 16.3. The van der Waals surface area contributed by atoms with Crippen LogP contribution in [0.25, 0.3) is 0 Å². The van der Waals surface area contributed by atoms with Gasteiger partial charge in [-0.3, -0.25) is 4.79 Å². The molecule has 120 valence electrons. The van der Waals surface area contributed by atoms with E-state index in [0.717, 1.165) is 21.3 Å². The number of aryl methyl sites for hydroxylation is 1. The summed E-state index contributed by atoms with van der Waals surface area (Å²) in [6.07, 6.45) is 4.20. The number of aromatic nitrogens is 1. The Hall–Kier alpha value is -0.980. The molecule has 0 radical (unpaired) electrons. The minimum atomic E-state index is -0.422. The van der Waals surface area contributed by atoms with Gasteiger partial charge in [-0.2, -0.15) is 0 Å². The average molecular weight is 338 g/mol. The highest BCUT2D eigenvalue weighted by Gasteiger charge is 2.25. The van der Waals surface area contributed by atoms with Crippen LogP contribution in [0.2, 0.25) is 0 Å². The summed E-state index contributed by atoms with van der Waals surface area (Å²) in [5.41, 5.74) is 4.21. The molecule has 0 saturated heterocycles. The number of carbonyl (C=O) groups is 1. The van der Waals surface area contributed by atoms with Gasteiger partial charge in [-0.1, -0.05) is 5.57 Å². The average Bonchev–Trinajstić information content (AvgIpc) is 2.50. The third-order valence-corrected chi connectivity index (χ3v) is 5.20. The highest BCUT2D eigenvalue weighted by atomic mass is 32.2. The third kappa shape index (κ3) is 3.86. The van der Waals surface area contributed by atoms with Crippen LogP contribution in [0.1, 0.15) is 26.0 Å². The van der Waals surface area contributed by atoms with Crippen molar-refractivity contribution in [1.82, 2.24) is 4.98 Å². The maximum Gasteiger partial charge on any atom is 0.253 e.